The molecule has 4 rings (SSSR count). The van der Waals surface area contributed by atoms with Gasteiger partial charge in [0.1, 0.15) is 17.7 Å². The summed E-state index contributed by atoms with van der Waals surface area (Å²) in [5.41, 5.74) is 0.930. The van der Waals surface area contributed by atoms with Gasteiger partial charge in [0.25, 0.3) is 0 Å². The fourth-order valence-corrected chi connectivity index (χ4v) is 3.69. The third kappa shape index (κ3) is 4.53. The van der Waals surface area contributed by atoms with Crippen LogP contribution in [0.1, 0.15) is 58.6 Å². The van der Waals surface area contributed by atoms with Crippen LogP contribution in [0.25, 0.3) is 22.4 Å². The van der Waals surface area contributed by atoms with Crippen LogP contribution < -0.4 is 10.4 Å². The normalized spacial score (nSPS) is 19.1. The summed E-state index contributed by atoms with van der Waals surface area (Å²) in [5.74, 6) is 1.53. The van der Waals surface area contributed by atoms with Gasteiger partial charge in [-0.25, -0.2) is 4.79 Å². The van der Waals surface area contributed by atoms with Crippen molar-refractivity contribution in [3.8, 4) is 17.1 Å². The summed E-state index contributed by atoms with van der Waals surface area (Å²) in [4.78, 5) is 16.5. The Morgan fingerprint density at radius 3 is 2.72 bits per heavy atom. The highest BCUT2D eigenvalue weighted by Gasteiger charge is 2.25. The lowest BCUT2D eigenvalue weighted by atomic mass is 10.1. The number of aromatic nitrogens is 2. The zero-order valence-corrected chi connectivity index (χ0v) is 17.1. The molecule has 1 aliphatic heterocycles. The highest BCUT2D eigenvalue weighted by molar-refractivity contribution is 5.79. The van der Waals surface area contributed by atoms with E-state index in [2.05, 4.69) is 11.9 Å². The standard InChI is InChI=1S/C23H28N2O4/c1-3-4-5-6-13-27-19-10-8-17(9-11-19)20-14-18-15-25(21-12-7-16(2)28-21)23(26)24-22(18)29-20/h8-11,14-16,21H,3-7,12-13H2,1-2H3/t16?,21-/m1/s1. The van der Waals surface area contributed by atoms with Crippen LogP contribution in [0.4, 0.5) is 0 Å². The molecule has 1 unspecified atom stereocenters. The Hall–Kier alpha value is -2.60. The quantitative estimate of drug-likeness (QED) is 0.483. The van der Waals surface area contributed by atoms with Gasteiger partial charge in [0, 0.05) is 11.8 Å². The lowest BCUT2D eigenvalue weighted by Gasteiger charge is -2.13. The van der Waals surface area contributed by atoms with Crippen molar-refractivity contribution in [2.75, 3.05) is 6.61 Å². The molecule has 3 heterocycles. The van der Waals surface area contributed by atoms with E-state index in [9.17, 15) is 4.79 Å². The topological polar surface area (TPSA) is 66.5 Å². The van der Waals surface area contributed by atoms with Crippen molar-refractivity contribution in [1.82, 2.24) is 9.55 Å². The molecule has 6 heteroatoms. The van der Waals surface area contributed by atoms with Crippen molar-refractivity contribution in [2.45, 2.75) is 64.7 Å². The minimum atomic E-state index is -0.343. The predicted octanol–water partition coefficient (Wildman–Crippen LogP) is 5.31. The Morgan fingerprint density at radius 2 is 2.00 bits per heavy atom. The van der Waals surface area contributed by atoms with Crippen molar-refractivity contribution in [3.63, 3.8) is 0 Å². The van der Waals surface area contributed by atoms with Crippen molar-refractivity contribution < 1.29 is 13.9 Å². The van der Waals surface area contributed by atoms with Crippen molar-refractivity contribution in [1.29, 1.82) is 0 Å². The maximum Gasteiger partial charge on any atom is 0.353 e. The van der Waals surface area contributed by atoms with Gasteiger partial charge in [0.2, 0.25) is 5.71 Å². The molecule has 0 saturated carbocycles. The molecule has 154 valence electrons. The van der Waals surface area contributed by atoms with E-state index in [4.69, 9.17) is 13.9 Å². The summed E-state index contributed by atoms with van der Waals surface area (Å²) in [7, 11) is 0. The monoisotopic (exact) mass is 396 g/mol. The number of nitrogens with zero attached hydrogens (tertiary/aromatic N) is 2. The minimum Gasteiger partial charge on any atom is -0.494 e. The number of rotatable bonds is 8. The summed E-state index contributed by atoms with van der Waals surface area (Å²) < 4.78 is 19.0. The lowest BCUT2D eigenvalue weighted by Crippen LogP contribution is -2.26. The molecule has 2 atom stereocenters. The number of hydrogen-bond acceptors (Lipinski definition) is 5. The smallest absolute Gasteiger partial charge is 0.353 e. The predicted molar refractivity (Wildman–Crippen MR) is 112 cm³/mol. The molecule has 6 nitrogen and oxygen atoms in total. The molecule has 0 bridgehead atoms. The molecular weight excluding hydrogens is 368 g/mol. The van der Waals surface area contributed by atoms with Gasteiger partial charge in [-0.15, -0.1) is 0 Å². The van der Waals surface area contributed by atoms with Crippen LogP contribution in [0, 0.1) is 0 Å². The number of ether oxygens (including phenoxy) is 2. The summed E-state index contributed by atoms with van der Waals surface area (Å²) in [5, 5.41) is 0.791. The number of furan rings is 1. The Morgan fingerprint density at radius 1 is 1.17 bits per heavy atom. The first-order valence-electron chi connectivity index (χ1n) is 10.6. The van der Waals surface area contributed by atoms with Crippen LogP contribution in [0.5, 0.6) is 5.75 Å². The van der Waals surface area contributed by atoms with Gasteiger partial charge in [0.05, 0.1) is 18.1 Å². The maximum absolute atomic E-state index is 12.4. The molecule has 1 aliphatic rings. The van der Waals surface area contributed by atoms with E-state index in [-0.39, 0.29) is 18.0 Å². The van der Waals surface area contributed by atoms with E-state index in [0.717, 1.165) is 42.6 Å². The van der Waals surface area contributed by atoms with Gasteiger partial charge in [0.15, 0.2) is 0 Å². The van der Waals surface area contributed by atoms with Crippen molar-refractivity contribution >= 4 is 11.1 Å². The second-order valence-corrected chi connectivity index (χ2v) is 7.71. The molecule has 1 aromatic carbocycles. The van der Waals surface area contributed by atoms with Crippen LogP contribution in [-0.4, -0.2) is 22.3 Å². The fourth-order valence-electron chi connectivity index (χ4n) is 3.69. The van der Waals surface area contributed by atoms with E-state index < -0.39 is 0 Å². The first kappa shape index (κ1) is 19.7. The molecule has 2 aromatic heterocycles. The van der Waals surface area contributed by atoms with Crippen LogP contribution in [0.2, 0.25) is 0 Å². The average Bonchev–Trinajstić information content (AvgIpc) is 3.33. The highest BCUT2D eigenvalue weighted by atomic mass is 16.5. The molecule has 1 fully saturated rings. The van der Waals surface area contributed by atoms with E-state index in [1.807, 2.05) is 37.3 Å². The van der Waals surface area contributed by atoms with Crippen molar-refractivity contribution in [3.05, 3.63) is 47.0 Å². The largest absolute Gasteiger partial charge is 0.494 e. The van der Waals surface area contributed by atoms with Gasteiger partial charge in [-0.05, 0) is 56.5 Å². The van der Waals surface area contributed by atoms with E-state index >= 15 is 0 Å². The van der Waals surface area contributed by atoms with E-state index in [0.29, 0.717) is 11.5 Å². The van der Waals surface area contributed by atoms with E-state index in [1.54, 1.807) is 10.8 Å². The lowest BCUT2D eigenvalue weighted by molar-refractivity contribution is 0.00828. The first-order valence-corrected chi connectivity index (χ1v) is 10.6. The summed E-state index contributed by atoms with van der Waals surface area (Å²) in [6, 6.07) is 9.74. The van der Waals surface area contributed by atoms with Gasteiger partial charge in [-0.1, -0.05) is 26.2 Å². The van der Waals surface area contributed by atoms with Gasteiger partial charge in [-0.2, -0.15) is 4.98 Å². The summed E-state index contributed by atoms with van der Waals surface area (Å²) in [6.07, 6.45) is 8.21. The number of benzene rings is 1. The summed E-state index contributed by atoms with van der Waals surface area (Å²) >= 11 is 0. The number of fused-ring (bicyclic) bond motifs is 1. The Labute approximate surface area is 170 Å². The van der Waals surface area contributed by atoms with Crippen LogP contribution in [0.15, 0.2) is 45.7 Å². The zero-order chi connectivity index (χ0) is 20.2. The molecule has 1 saturated heterocycles. The van der Waals surface area contributed by atoms with Crippen LogP contribution in [0.3, 0.4) is 0 Å². The Bertz CT molecular complexity index is 1010. The second-order valence-electron chi connectivity index (χ2n) is 7.71. The van der Waals surface area contributed by atoms with Gasteiger partial charge >= 0.3 is 5.69 Å². The third-order valence-corrected chi connectivity index (χ3v) is 5.36. The molecule has 29 heavy (non-hydrogen) atoms. The molecule has 3 aromatic rings. The Kier molecular flexibility index (Phi) is 6.00. The highest BCUT2D eigenvalue weighted by Crippen LogP contribution is 2.30. The zero-order valence-electron chi connectivity index (χ0n) is 17.1. The molecular formula is C23H28N2O4. The fraction of sp³-hybridized carbons (Fsp3) is 0.478. The SMILES string of the molecule is CCCCCCOc1ccc(-c2cc3cn([C@H]4CCC(C)O4)c(=O)nc3o2)cc1. The number of unbranched alkanes of at least 4 members (excludes halogenated alkanes) is 3. The van der Waals surface area contributed by atoms with Crippen LogP contribution >= 0.6 is 0 Å². The first-order chi connectivity index (χ1) is 14.1. The second kappa shape index (κ2) is 8.82. The number of hydrogen-bond donors (Lipinski definition) is 0. The van der Waals surface area contributed by atoms with Crippen LogP contribution in [-0.2, 0) is 4.74 Å². The molecule has 0 spiro atoms. The average molecular weight is 396 g/mol. The summed E-state index contributed by atoms with van der Waals surface area (Å²) in [6.45, 7) is 4.96. The van der Waals surface area contributed by atoms with Gasteiger partial charge in [-0.3, -0.25) is 4.57 Å². The molecule has 0 radical (unpaired) electrons. The molecule has 0 amide bonds. The van der Waals surface area contributed by atoms with Gasteiger partial charge < -0.3 is 13.9 Å². The molecule has 0 aliphatic carbocycles. The third-order valence-electron chi connectivity index (χ3n) is 5.36. The van der Waals surface area contributed by atoms with E-state index in [1.165, 1.54) is 19.3 Å². The minimum absolute atomic E-state index is 0.162. The Balaban J connectivity index is 1.48. The maximum atomic E-state index is 12.4. The van der Waals surface area contributed by atoms with Crippen molar-refractivity contribution in [2.24, 2.45) is 0 Å². The molecule has 0 N–H and O–H groups in total.